The van der Waals surface area contributed by atoms with Crippen molar-refractivity contribution < 1.29 is 0 Å². The smallest absolute Gasteiger partial charge is 0.0943 e. The van der Waals surface area contributed by atoms with E-state index in [2.05, 4.69) is 18.8 Å². The van der Waals surface area contributed by atoms with Gasteiger partial charge in [-0.15, -0.1) is 0 Å². The first kappa shape index (κ1) is 7.58. The van der Waals surface area contributed by atoms with Crippen LogP contribution in [0.3, 0.4) is 0 Å². The maximum Gasteiger partial charge on any atom is 0.0943 e. The second kappa shape index (κ2) is 2.60. The molecule has 1 aliphatic rings. The van der Waals surface area contributed by atoms with Gasteiger partial charge in [-0.25, -0.2) is 0 Å². The van der Waals surface area contributed by atoms with E-state index in [1.807, 2.05) is 0 Å². The molecule has 0 aliphatic heterocycles. The molecule has 0 aromatic carbocycles. The summed E-state index contributed by atoms with van der Waals surface area (Å²) in [5.41, 5.74) is 5.90. The Bertz CT molecular complexity index is 145. The predicted octanol–water partition coefficient (Wildman–Crippen LogP) is 1.70. The molecule has 58 valence electrons. The summed E-state index contributed by atoms with van der Waals surface area (Å²) in [6.45, 7) is 4.28. The van der Waals surface area contributed by atoms with E-state index in [0.29, 0.717) is 0 Å². The van der Waals surface area contributed by atoms with Crippen LogP contribution < -0.4 is 5.73 Å². The first-order valence-corrected chi connectivity index (χ1v) is 4.00. The van der Waals surface area contributed by atoms with Crippen molar-refractivity contribution in [3.05, 3.63) is 0 Å². The highest BCUT2D eigenvalue weighted by molar-refractivity contribution is 5.80. The van der Waals surface area contributed by atoms with Crippen LogP contribution in [0.4, 0.5) is 0 Å². The van der Waals surface area contributed by atoms with Crippen LogP contribution in [0.25, 0.3) is 0 Å². The minimum absolute atomic E-state index is 0.235. The fourth-order valence-electron chi connectivity index (χ4n) is 0.951. The quantitative estimate of drug-likeness (QED) is 0.470. The molecule has 2 heteroatoms. The molecule has 0 atom stereocenters. The summed E-state index contributed by atoms with van der Waals surface area (Å²) in [7, 11) is 0. The third-order valence-corrected chi connectivity index (χ3v) is 1.89. The van der Waals surface area contributed by atoms with E-state index < -0.39 is 0 Å². The number of rotatable bonds is 3. The van der Waals surface area contributed by atoms with Crippen LogP contribution >= 0.6 is 0 Å². The molecule has 0 aromatic heterocycles. The minimum Gasteiger partial charge on any atom is -0.387 e. The van der Waals surface area contributed by atoms with E-state index in [1.54, 1.807) is 0 Å². The largest absolute Gasteiger partial charge is 0.387 e. The van der Waals surface area contributed by atoms with Crippen LogP contribution in [0.2, 0.25) is 0 Å². The lowest BCUT2D eigenvalue weighted by Crippen LogP contribution is -2.15. The summed E-state index contributed by atoms with van der Waals surface area (Å²) in [5.74, 6) is 0.836. The monoisotopic (exact) mass is 140 g/mol. The molecule has 2 nitrogen and oxygen atoms in total. The third-order valence-electron chi connectivity index (χ3n) is 1.89. The summed E-state index contributed by atoms with van der Waals surface area (Å²) in [6.07, 6.45) is 4.50. The van der Waals surface area contributed by atoms with Gasteiger partial charge in [-0.2, -0.15) is 0 Å². The summed E-state index contributed by atoms with van der Waals surface area (Å²) < 4.78 is 0. The molecule has 0 amide bonds. The highest BCUT2D eigenvalue weighted by atomic mass is 15.0. The van der Waals surface area contributed by atoms with Gasteiger partial charge in [0.05, 0.1) is 11.4 Å². The van der Waals surface area contributed by atoms with Crippen molar-refractivity contribution in [2.24, 2.45) is 10.7 Å². The second-order valence-corrected chi connectivity index (χ2v) is 3.35. The van der Waals surface area contributed by atoms with Gasteiger partial charge in [-0.05, 0) is 26.2 Å². The van der Waals surface area contributed by atoms with E-state index in [0.717, 1.165) is 18.7 Å². The Kier molecular flexibility index (Phi) is 1.97. The zero-order valence-electron chi connectivity index (χ0n) is 6.85. The molecule has 0 heterocycles. The number of hydrogen-bond acceptors (Lipinski definition) is 1. The molecule has 0 spiro atoms. The molecule has 0 saturated heterocycles. The van der Waals surface area contributed by atoms with Gasteiger partial charge in [-0.1, -0.05) is 6.92 Å². The minimum atomic E-state index is 0.235. The zero-order chi connectivity index (χ0) is 7.61. The lowest BCUT2D eigenvalue weighted by molar-refractivity contribution is 0.755. The van der Waals surface area contributed by atoms with E-state index >= 15 is 0 Å². The van der Waals surface area contributed by atoms with Crippen molar-refractivity contribution in [2.75, 3.05) is 0 Å². The number of hydrogen-bond donors (Lipinski definition) is 1. The lowest BCUT2D eigenvalue weighted by atomic mass is 10.3. The van der Waals surface area contributed by atoms with Crippen molar-refractivity contribution in [3.63, 3.8) is 0 Å². The predicted molar refractivity (Wildman–Crippen MR) is 44.2 cm³/mol. The highest BCUT2D eigenvalue weighted by Gasteiger charge is 2.36. The highest BCUT2D eigenvalue weighted by Crippen LogP contribution is 2.38. The summed E-state index contributed by atoms with van der Waals surface area (Å²) >= 11 is 0. The van der Waals surface area contributed by atoms with E-state index in [9.17, 15) is 0 Å². The molecule has 0 aromatic rings. The van der Waals surface area contributed by atoms with Gasteiger partial charge in [0.1, 0.15) is 0 Å². The van der Waals surface area contributed by atoms with Crippen molar-refractivity contribution in [3.8, 4) is 0 Å². The Morgan fingerprint density at radius 2 is 2.20 bits per heavy atom. The molecule has 0 radical (unpaired) electrons. The molecule has 0 bridgehead atoms. The van der Waals surface area contributed by atoms with Crippen molar-refractivity contribution >= 4 is 5.84 Å². The number of nitrogens with zero attached hydrogens (tertiary/aromatic N) is 1. The van der Waals surface area contributed by atoms with Gasteiger partial charge in [0.25, 0.3) is 0 Å². The van der Waals surface area contributed by atoms with Gasteiger partial charge in [0, 0.05) is 6.42 Å². The maximum absolute atomic E-state index is 5.66. The topological polar surface area (TPSA) is 38.4 Å². The third kappa shape index (κ3) is 2.01. The van der Waals surface area contributed by atoms with E-state index in [-0.39, 0.29) is 5.54 Å². The fourth-order valence-corrected chi connectivity index (χ4v) is 0.951. The van der Waals surface area contributed by atoms with Crippen molar-refractivity contribution in [1.82, 2.24) is 0 Å². The molecule has 1 aliphatic carbocycles. The fraction of sp³-hybridized carbons (Fsp3) is 0.875. The Labute approximate surface area is 62.5 Å². The van der Waals surface area contributed by atoms with Gasteiger partial charge < -0.3 is 5.73 Å². The molecule has 2 N–H and O–H groups in total. The Hall–Kier alpha value is -0.530. The molecule has 1 fully saturated rings. The number of aliphatic imine (C=N–C) groups is 1. The standard InChI is InChI=1S/C8H16N2/c1-3-4-7(9)10-8(2)5-6-8/h3-6H2,1-2H3,(H2,9,10). The van der Waals surface area contributed by atoms with Gasteiger partial charge in [-0.3, -0.25) is 4.99 Å². The van der Waals surface area contributed by atoms with E-state index in [1.165, 1.54) is 12.8 Å². The first-order chi connectivity index (χ1) is 4.66. The molecule has 1 rings (SSSR count). The second-order valence-electron chi connectivity index (χ2n) is 3.35. The lowest BCUT2D eigenvalue weighted by Gasteiger charge is -2.02. The van der Waals surface area contributed by atoms with Crippen LogP contribution in [0.5, 0.6) is 0 Å². The van der Waals surface area contributed by atoms with Gasteiger partial charge >= 0.3 is 0 Å². The van der Waals surface area contributed by atoms with Gasteiger partial charge in [0.2, 0.25) is 0 Å². The van der Waals surface area contributed by atoms with E-state index in [4.69, 9.17) is 5.73 Å². The van der Waals surface area contributed by atoms with Crippen molar-refractivity contribution in [1.29, 1.82) is 0 Å². The van der Waals surface area contributed by atoms with Crippen LogP contribution in [-0.4, -0.2) is 11.4 Å². The molecular weight excluding hydrogens is 124 g/mol. The zero-order valence-corrected chi connectivity index (χ0v) is 6.85. The SMILES string of the molecule is CCCC(N)=NC1(C)CC1. The number of nitrogens with two attached hydrogens (primary N) is 1. The van der Waals surface area contributed by atoms with Crippen LogP contribution in [0.1, 0.15) is 39.5 Å². The Balaban J connectivity index is 2.37. The van der Waals surface area contributed by atoms with Crippen LogP contribution in [-0.2, 0) is 0 Å². The first-order valence-electron chi connectivity index (χ1n) is 4.00. The molecule has 1 saturated carbocycles. The Morgan fingerprint density at radius 1 is 1.60 bits per heavy atom. The maximum atomic E-state index is 5.66. The van der Waals surface area contributed by atoms with Gasteiger partial charge in [0.15, 0.2) is 0 Å². The summed E-state index contributed by atoms with van der Waals surface area (Å²) in [6, 6.07) is 0. The normalized spacial score (nSPS) is 22.8. The average molecular weight is 140 g/mol. The summed E-state index contributed by atoms with van der Waals surface area (Å²) in [4.78, 5) is 4.40. The average Bonchev–Trinajstić information content (AvgIpc) is 2.48. The van der Waals surface area contributed by atoms with Crippen LogP contribution in [0, 0.1) is 0 Å². The molecular formula is C8H16N2. The van der Waals surface area contributed by atoms with Crippen molar-refractivity contribution in [2.45, 2.75) is 45.1 Å². The number of amidine groups is 1. The summed E-state index contributed by atoms with van der Waals surface area (Å²) in [5, 5.41) is 0. The Morgan fingerprint density at radius 3 is 2.60 bits per heavy atom. The van der Waals surface area contributed by atoms with Crippen LogP contribution in [0.15, 0.2) is 4.99 Å². The molecule has 10 heavy (non-hydrogen) atoms. The molecule has 0 unspecified atom stereocenters.